The van der Waals surface area contributed by atoms with Crippen LogP contribution < -0.4 is 16.4 Å². The monoisotopic (exact) mass is 302 g/mol. The number of halogens is 1. The van der Waals surface area contributed by atoms with Gasteiger partial charge in [-0.3, -0.25) is 9.59 Å². The molecule has 112 valence electrons. The van der Waals surface area contributed by atoms with Gasteiger partial charge < -0.3 is 21.5 Å². The second kappa shape index (κ2) is 8.34. The average Bonchev–Trinajstić information content (AvgIpc) is 2.37. The Morgan fingerprint density at radius 2 is 2.10 bits per heavy atom. The van der Waals surface area contributed by atoms with E-state index in [1.54, 1.807) is 0 Å². The van der Waals surface area contributed by atoms with E-state index in [2.05, 4.69) is 15.6 Å². The number of anilines is 1. The topological polar surface area (TPSA) is 117 Å². The minimum atomic E-state index is -0.656. The molecule has 1 heterocycles. The number of carbonyl (C=O) groups excluding carboxylic acids is 2. The molecule has 1 atom stereocenters. The van der Waals surface area contributed by atoms with E-state index in [1.165, 1.54) is 18.3 Å². The highest BCUT2D eigenvalue weighted by molar-refractivity contribution is 5.95. The van der Waals surface area contributed by atoms with Gasteiger partial charge in [-0.05, 0) is 18.1 Å². The largest absolute Gasteiger partial charge is 0.504 e. The van der Waals surface area contributed by atoms with Crippen molar-refractivity contribution in [3.05, 3.63) is 18.3 Å². The summed E-state index contributed by atoms with van der Waals surface area (Å²) in [5, 5.41) is 14.2. The molecule has 0 aromatic carbocycles. The summed E-state index contributed by atoms with van der Waals surface area (Å²) in [6.45, 7) is 3.40. The van der Waals surface area contributed by atoms with Gasteiger partial charge in [-0.15, -0.1) is 12.4 Å². The van der Waals surface area contributed by atoms with Crippen LogP contribution in [0.25, 0.3) is 0 Å². The zero-order valence-corrected chi connectivity index (χ0v) is 12.1. The molecule has 5 N–H and O–H groups in total. The van der Waals surface area contributed by atoms with Crippen LogP contribution in [0.2, 0.25) is 0 Å². The summed E-state index contributed by atoms with van der Waals surface area (Å²) in [6.07, 6.45) is 1.43. The van der Waals surface area contributed by atoms with E-state index < -0.39 is 17.9 Å². The van der Waals surface area contributed by atoms with Gasteiger partial charge in [-0.25, -0.2) is 4.98 Å². The average molecular weight is 303 g/mol. The Hall–Kier alpha value is -1.86. The molecule has 1 rings (SSSR count). The molecule has 1 aromatic rings. The van der Waals surface area contributed by atoms with Crippen LogP contribution in [0.4, 0.5) is 5.82 Å². The number of hydrogen-bond acceptors (Lipinski definition) is 5. The van der Waals surface area contributed by atoms with Crippen LogP contribution in [-0.4, -0.2) is 34.5 Å². The van der Waals surface area contributed by atoms with E-state index >= 15 is 0 Å². The van der Waals surface area contributed by atoms with Crippen molar-refractivity contribution in [2.24, 2.45) is 11.7 Å². The molecule has 0 unspecified atom stereocenters. The number of nitrogens with two attached hydrogens (primary N) is 1. The molecule has 0 spiro atoms. The third-order valence-electron chi connectivity index (χ3n) is 2.49. The van der Waals surface area contributed by atoms with Gasteiger partial charge in [-0.2, -0.15) is 0 Å². The standard InChI is InChI=1S/C12H18N4O3.ClH/c1-7(2)10(13)12(19)15-6-9(18)16-11-8(17)4-3-5-14-11;/h3-5,7,10,17H,6,13H2,1-2H3,(H,15,19)(H,14,16,18);1H/t10-;/m0./s1. The summed E-state index contributed by atoms with van der Waals surface area (Å²) in [5.41, 5.74) is 5.63. The van der Waals surface area contributed by atoms with Crippen molar-refractivity contribution in [3.63, 3.8) is 0 Å². The Labute approximate surface area is 123 Å². The van der Waals surface area contributed by atoms with E-state index in [4.69, 9.17) is 5.73 Å². The lowest BCUT2D eigenvalue weighted by atomic mass is 10.1. The summed E-state index contributed by atoms with van der Waals surface area (Å²) in [4.78, 5) is 26.9. The van der Waals surface area contributed by atoms with Crippen LogP contribution in [0.1, 0.15) is 13.8 Å². The molecule has 0 fully saturated rings. The number of aromatic hydroxyl groups is 1. The van der Waals surface area contributed by atoms with Gasteiger partial charge in [0.15, 0.2) is 11.6 Å². The number of pyridine rings is 1. The highest BCUT2D eigenvalue weighted by Crippen LogP contribution is 2.17. The van der Waals surface area contributed by atoms with Crippen LogP contribution >= 0.6 is 12.4 Å². The van der Waals surface area contributed by atoms with E-state index in [0.717, 1.165) is 0 Å². The number of nitrogens with zero attached hydrogens (tertiary/aromatic N) is 1. The van der Waals surface area contributed by atoms with E-state index in [1.807, 2.05) is 13.8 Å². The highest BCUT2D eigenvalue weighted by Gasteiger charge is 2.17. The molecule has 0 bridgehead atoms. The number of rotatable bonds is 5. The van der Waals surface area contributed by atoms with Crippen LogP contribution in [-0.2, 0) is 9.59 Å². The summed E-state index contributed by atoms with van der Waals surface area (Å²) in [7, 11) is 0. The Morgan fingerprint density at radius 1 is 1.45 bits per heavy atom. The lowest BCUT2D eigenvalue weighted by molar-refractivity contribution is -0.125. The fourth-order valence-electron chi connectivity index (χ4n) is 1.26. The molecule has 0 aliphatic heterocycles. The van der Waals surface area contributed by atoms with Gasteiger partial charge in [0.25, 0.3) is 0 Å². The first-order valence-corrected chi connectivity index (χ1v) is 5.89. The summed E-state index contributed by atoms with van der Waals surface area (Å²) >= 11 is 0. The molecule has 0 radical (unpaired) electrons. The number of nitrogens with one attached hydrogen (secondary N) is 2. The van der Waals surface area contributed by atoms with Gasteiger partial charge in [0.1, 0.15) is 0 Å². The Kier molecular flexibility index (Phi) is 7.56. The van der Waals surface area contributed by atoms with E-state index in [-0.39, 0.29) is 36.4 Å². The first-order chi connectivity index (χ1) is 8.91. The summed E-state index contributed by atoms with van der Waals surface area (Å²) in [5.74, 6) is -0.979. The van der Waals surface area contributed by atoms with Crippen LogP contribution in [0, 0.1) is 5.92 Å². The molecular weight excluding hydrogens is 284 g/mol. The highest BCUT2D eigenvalue weighted by atomic mass is 35.5. The van der Waals surface area contributed by atoms with E-state index in [0.29, 0.717) is 0 Å². The second-order valence-corrected chi connectivity index (χ2v) is 4.41. The van der Waals surface area contributed by atoms with Crippen LogP contribution in [0.15, 0.2) is 18.3 Å². The Bertz CT molecular complexity index is 468. The Balaban J connectivity index is 0.00000361. The molecule has 8 heteroatoms. The van der Waals surface area contributed by atoms with E-state index in [9.17, 15) is 14.7 Å². The third-order valence-corrected chi connectivity index (χ3v) is 2.49. The Morgan fingerprint density at radius 3 is 2.65 bits per heavy atom. The van der Waals surface area contributed by atoms with Crippen molar-refractivity contribution < 1.29 is 14.7 Å². The molecule has 2 amide bonds. The lowest BCUT2D eigenvalue weighted by Crippen LogP contribution is -2.46. The number of carbonyl (C=O) groups is 2. The molecule has 0 saturated carbocycles. The summed E-state index contributed by atoms with van der Waals surface area (Å²) < 4.78 is 0. The van der Waals surface area contributed by atoms with Gasteiger partial charge in [0, 0.05) is 6.20 Å². The molecular formula is C12H19ClN4O3. The predicted octanol–water partition coefficient (Wildman–Crippen LogP) is 0.247. The SMILES string of the molecule is CC(C)[C@H](N)C(=O)NCC(=O)Nc1ncccc1O.Cl. The molecule has 0 saturated heterocycles. The van der Waals surface area contributed by atoms with Crippen molar-refractivity contribution in [2.75, 3.05) is 11.9 Å². The van der Waals surface area contributed by atoms with Crippen LogP contribution in [0.5, 0.6) is 5.75 Å². The zero-order valence-electron chi connectivity index (χ0n) is 11.3. The molecule has 0 aliphatic rings. The molecule has 1 aromatic heterocycles. The second-order valence-electron chi connectivity index (χ2n) is 4.41. The first kappa shape index (κ1) is 18.1. The molecule has 0 aliphatic carbocycles. The minimum absolute atomic E-state index is 0. The zero-order chi connectivity index (χ0) is 14.4. The van der Waals surface area contributed by atoms with Crippen molar-refractivity contribution in [1.29, 1.82) is 0 Å². The maximum absolute atomic E-state index is 11.5. The number of amides is 2. The third kappa shape index (κ3) is 5.41. The van der Waals surface area contributed by atoms with Crippen molar-refractivity contribution in [3.8, 4) is 5.75 Å². The molecule has 7 nitrogen and oxygen atoms in total. The predicted molar refractivity (Wildman–Crippen MR) is 77.6 cm³/mol. The summed E-state index contributed by atoms with van der Waals surface area (Å²) in [6, 6.07) is 2.28. The fraction of sp³-hybridized carbons (Fsp3) is 0.417. The van der Waals surface area contributed by atoms with Gasteiger partial charge in [0.05, 0.1) is 12.6 Å². The van der Waals surface area contributed by atoms with Gasteiger partial charge in [0.2, 0.25) is 11.8 Å². The normalized spacial score (nSPS) is 11.4. The number of aromatic nitrogens is 1. The van der Waals surface area contributed by atoms with Gasteiger partial charge in [-0.1, -0.05) is 13.8 Å². The van der Waals surface area contributed by atoms with Crippen LogP contribution in [0.3, 0.4) is 0 Å². The molecule has 20 heavy (non-hydrogen) atoms. The first-order valence-electron chi connectivity index (χ1n) is 5.89. The minimum Gasteiger partial charge on any atom is -0.504 e. The van der Waals surface area contributed by atoms with Gasteiger partial charge >= 0.3 is 0 Å². The van der Waals surface area contributed by atoms with Crippen molar-refractivity contribution in [2.45, 2.75) is 19.9 Å². The fourth-order valence-corrected chi connectivity index (χ4v) is 1.26. The lowest BCUT2D eigenvalue weighted by Gasteiger charge is -2.15. The smallest absolute Gasteiger partial charge is 0.245 e. The quantitative estimate of drug-likeness (QED) is 0.622. The maximum atomic E-state index is 11.5. The number of hydrogen-bond donors (Lipinski definition) is 4. The maximum Gasteiger partial charge on any atom is 0.245 e. The van der Waals surface area contributed by atoms with Crippen molar-refractivity contribution >= 4 is 30.0 Å². The van der Waals surface area contributed by atoms with Crippen molar-refractivity contribution in [1.82, 2.24) is 10.3 Å².